The van der Waals surface area contributed by atoms with Crippen LogP contribution in [-0.2, 0) is 65.4 Å². The normalized spacial score (nSPS) is 14.0. The van der Waals surface area contributed by atoms with E-state index < -0.39 is 97.5 Å². The minimum Gasteiger partial charge on any atom is -0.462 e. The molecule has 2 unspecified atom stereocenters. The van der Waals surface area contributed by atoms with Gasteiger partial charge in [-0.05, 0) is 57.3 Å². The maximum atomic E-state index is 13.1. The summed E-state index contributed by atoms with van der Waals surface area (Å²) in [6, 6.07) is 0. The molecule has 0 aromatic carbocycles. The highest BCUT2D eigenvalue weighted by Gasteiger charge is 2.30. The number of phosphoric acid groups is 2. The van der Waals surface area contributed by atoms with Crippen LogP contribution < -0.4 is 0 Å². The lowest BCUT2D eigenvalue weighted by Crippen LogP contribution is -2.30. The van der Waals surface area contributed by atoms with Gasteiger partial charge in [-0.15, -0.1) is 0 Å². The Morgan fingerprint density at radius 3 is 0.804 bits per heavy atom. The zero-order valence-electron chi connectivity index (χ0n) is 66.2. The second kappa shape index (κ2) is 75.4. The lowest BCUT2D eigenvalue weighted by atomic mass is 10.0. The third kappa shape index (κ3) is 75.8. The number of esters is 4. The van der Waals surface area contributed by atoms with Crippen LogP contribution in [0.5, 0.6) is 0 Å². The maximum absolute atomic E-state index is 13.1. The number of carbonyl (C=O) groups excluding carboxylic acids is 4. The lowest BCUT2D eigenvalue weighted by molar-refractivity contribution is -0.161. The minimum atomic E-state index is -4.97. The number of ether oxygens (including phenoxy) is 4. The molecule has 0 fully saturated rings. The van der Waals surface area contributed by atoms with Crippen molar-refractivity contribution in [1.82, 2.24) is 0 Å². The van der Waals surface area contributed by atoms with Gasteiger partial charge in [0.25, 0.3) is 0 Å². The summed E-state index contributed by atoms with van der Waals surface area (Å²) in [6.07, 6.45) is 70.2. The summed E-state index contributed by atoms with van der Waals surface area (Å²) in [5, 5.41) is 10.7. The van der Waals surface area contributed by atoms with Gasteiger partial charge in [0.1, 0.15) is 19.3 Å². The van der Waals surface area contributed by atoms with Crippen LogP contribution in [0.4, 0.5) is 0 Å². The van der Waals surface area contributed by atoms with Crippen LogP contribution in [0.3, 0.4) is 0 Å². The molecule has 0 bridgehead atoms. The molecule has 0 saturated heterocycles. The zero-order chi connectivity index (χ0) is 74.8. The number of unbranched alkanes of at least 4 members (excludes halogenated alkanes) is 50. The van der Waals surface area contributed by atoms with E-state index in [-0.39, 0.29) is 25.7 Å². The lowest BCUT2D eigenvalue weighted by Gasteiger charge is -2.21. The molecule has 0 aliphatic heterocycles. The average molecular weight is 1490 g/mol. The second-order valence-electron chi connectivity index (χ2n) is 29.7. The molecule has 0 aliphatic rings. The predicted molar refractivity (Wildman–Crippen MR) is 418 cm³/mol. The highest BCUT2D eigenvalue weighted by Crippen LogP contribution is 2.45. The van der Waals surface area contributed by atoms with Gasteiger partial charge in [-0.1, -0.05) is 367 Å². The Hall–Kier alpha value is -2.46. The van der Waals surface area contributed by atoms with Gasteiger partial charge in [0.15, 0.2) is 12.2 Å². The Balaban J connectivity index is 5.28. The number of allylic oxidation sites excluding steroid dienone is 4. The van der Waals surface area contributed by atoms with Crippen molar-refractivity contribution in [1.29, 1.82) is 0 Å². The molecule has 0 spiro atoms. The number of aliphatic hydroxyl groups excluding tert-OH is 1. The first-order chi connectivity index (χ1) is 49.5. The molecule has 0 aromatic heterocycles. The van der Waals surface area contributed by atoms with E-state index in [1.165, 1.54) is 225 Å². The zero-order valence-corrected chi connectivity index (χ0v) is 68.0. The quantitative estimate of drug-likeness (QED) is 0.0169. The van der Waals surface area contributed by atoms with Gasteiger partial charge in [-0.3, -0.25) is 37.3 Å². The van der Waals surface area contributed by atoms with Crippen molar-refractivity contribution in [3.63, 3.8) is 0 Å². The van der Waals surface area contributed by atoms with Crippen LogP contribution in [0.15, 0.2) is 24.3 Å². The second-order valence-corrected chi connectivity index (χ2v) is 32.6. The van der Waals surface area contributed by atoms with Crippen molar-refractivity contribution < 1.29 is 80.2 Å². The predicted octanol–water partition coefficient (Wildman–Crippen LogP) is 24.8. The first-order valence-electron chi connectivity index (χ1n) is 42.5. The largest absolute Gasteiger partial charge is 0.472 e. The Kier molecular flexibility index (Phi) is 73.5. The van der Waals surface area contributed by atoms with E-state index in [4.69, 9.17) is 37.0 Å². The average Bonchev–Trinajstić information content (AvgIpc) is 0.941. The smallest absolute Gasteiger partial charge is 0.462 e. The van der Waals surface area contributed by atoms with Crippen LogP contribution >= 0.6 is 15.6 Å². The molecule has 0 amide bonds. The molecule has 0 saturated carbocycles. The molecule has 3 N–H and O–H groups in total. The molecule has 0 rings (SSSR count). The van der Waals surface area contributed by atoms with E-state index in [9.17, 15) is 43.2 Å². The minimum absolute atomic E-state index is 0.102. The highest BCUT2D eigenvalue weighted by atomic mass is 31.2. The van der Waals surface area contributed by atoms with Crippen molar-refractivity contribution in [2.75, 3.05) is 39.6 Å². The molecule has 0 aromatic rings. The van der Waals surface area contributed by atoms with Gasteiger partial charge < -0.3 is 33.8 Å². The van der Waals surface area contributed by atoms with Crippen LogP contribution in [0, 0.1) is 5.92 Å². The molecule has 0 radical (unpaired) electrons. The van der Waals surface area contributed by atoms with Gasteiger partial charge in [0.2, 0.25) is 0 Å². The molecule has 5 atom stereocenters. The van der Waals surface area contributed by atoms with E-state index in [0.717, 1.165) is 115 Å². The van der Waals surface area contributed by atoms with Crippen molar-refractivity contribution in [2.24, 2.45) is 5.92 Å². The summed E-state index contributed by atoms with van der Waals surface area (Å²) < 4.78 is 68.8. The van der Waals surface area contributed by atoms with Crippen molar-refractivity contribution >= 4 is 39.5 Å². The van der Waals surface area contributed by atoms with Crippen molar-refractivity contribution in [3.8, 4) is 0 Å². The van der Waals surface area contributed by atoms with Gasteiger partial charge in [-0.25, -0.2) is 9.13 Å². The molecule has 102 heavy (non-hydrogen) atoms. The molecule has 0 aliphatic carbocycles. The standard InChI is InChI=1S/C83H158O17P2/c1-6-9-12-15-18-21-24-27-30-31-32-33-34-37-40-43-48-54-59-64-69-83(88)99-78(72-93-80(85)66-61-56-51-46-41-38-35-28-25-22-19-16-13-10-7-2)74-97-101(89,90)95-70-77(84)71-96-102(91,92)98-75-79(73-94-81(86)67-62-57-52-49-44-45-50-55-60-65-76(4)5)100-82(87)68-63-58-53-47-42-39-36-29-26-23-20-17-14-11-8-3/h22,25,28,35,76-79,84H,6-21,23-24,26-27,29-34,36-75H2,1-5H3,(H,89,90)(H,91,92)/b25-22-,35-28-/t77-,78-,79-/m1/s1. The molecule has 0 heterocycles. The van der Waals surface area contributed by atoms with E-state index in [0.29, 0.717) is 25.7 Å². The molecular weight excluding hydrogens is 1330 g/mol. The fourth-order valence-electron chi connectivity index (χ4n) is 12.4. The summed E-state index contributed by atoms with van der Waals surface area (Å²) in [4.78, 5) is 73.1. The number of aliphatic hydroxyl groups is 1. The van der Waals surface area contributed by atoms with E-state index in [1.54, 1.807) is 0 Å². The fourth-order valence-corrected chi connectivity index (χ4v) is 14.0. The van der Waals surface area contributed by atoms with Gasteiger partial charge in [0.05, 0.1) is 26.4 Å². The number of hydrogen-bond donors (Lipinski definition) is 3. The van der Waals surface area contributed by atoms with Gasteiger partial charge in [0, 0.05) is 25.7 Å². The van der Waals surface area contributed by atoms with Crippen LogP contribution in [0.2, 0.25) is 0 Å². The Morgan fingerprint density at radius 2 is 0.529 bits per heavy atom. The molecule has 17 nitrogen and oxygen atoms in total. The number of phosphoric ester groups is 2. The maximum Gasteiger partial charge on any atom is 0.472 e. The monoisotopic (exact) mass is 1490 g/mol. The third-order valence-corrected chi connectivity index (χ3v) is 20.8. The number of carbonyl (C=O) groups is 4. The third-order valence-electron chi connectivity index (χ3n) is 18.9. The number of rotatable bonds is 81. The van der Waals surface area contributed by atoms with E-state index >= 15 is 0 Å². The summed E-state index contributed by atoms with van der Waals surface area (Å²) in [5.74, 6) is -1.39. The SMILES string of the molecule is CCCCCC/C=C\C=C/CCCCCCCC(=O)OC[C@H](COP(=O)(O)OC[C@@H](O)COP(=O)(O)OC[C@@H](COC(=O)CCCCCCCCCCCC(C)C)OC(=O)CCCCCCCCCCCCCCCCC)OC(=O)CCCCCCCCCCCCCCCCCCCCCC. The fraction of sp³-hybridized carbons (Fsp3) is 0.904. The van der Waals surface area contributed by atoms with Crippen molar-refractivity contribution in [2.45, 2.75) is 438 Å². The molecule has 19 heteroatoms. The highest BCUT2D eigenvalue weighted by molar-refractivity contribution is 7.47. The van der Waals surface area contributed by atoms with Crippen LogP contribution in [0.1, 0.15) is 420 Å². The van der Waals surface area contributed by atoms with Gasteiger partial charge in [-0.2, -0.15) is 0 Å². The Bertz CT molecular complexity index is 2040. The Morgan fingerprint density at radius 1 is 0.304 bits per heavy atom. The summed E-state index contributed by atoms with van der Waals surface area (Å²) in [6.45, 7) is 7.26. The molecular formula is C83H158O17P2. The van der Waals surface area contributed by atoms with Crippen LogP contribution in [0.25, 0.3) is 0 Å². The van der Waals surface area contributed by atoms with E-state index in [2.05, 4.69) is 58.9 Å². The molecule has 602 valence electrons. The van der Waals surface area contributed by atoms with E-state index in [1.807, 2.05) is 0 Å². The van der Waals surface area contributed by atoms with Crippen molar-refractivity contribution in [3.05, 3.63) is 24.3 Å². The topological polar surface area (TPSA) is 237 Å². The first kappa shape index (κ1) is 99.5. The first-order valence-corrected chi connectivity index (χ1v) is 45.4. The van der Waals surface area contributed by atoms with Crippen LogP contribution in [-0.4, -0.2) is 96.7 Å². The summed E-state index contributed by atoms with van der Waals surface area (Å²) >= 11 is 0. The van der Waals surface area contributed by atoms with Gasteiger partial charge >= 0.3 is 39.5 Å². The Labute approximate surface area is 624 Å². The summed E-state index contributed by atoms with van der Waals surface area (Å²) in [5.41, 5.74) is 0. The summed E-state index contributed by atoms with van der Waals surface area (Å²) in [7, 11) is -9.93. The number of hydrogen-bond acceptors (Lipinski definition) is 15.